The summed E-state index contributed by atoms with van der Waals surface area (Å²) in [5, 5.41) is 5.88. The maximum Gasteiger partial charge on any atom is 0.329 e. The summed E-state index contributed by atoms with van der Waals surface area (Å²) in [5.41, 5.74) is 0.738. The summed E-state index contributed by atoms with van der Waals surface area (Å²) in [5.74, 6) is -0.984. The van der Waals surface area contributed by atoms with Gasteiger partial charge in [-0.3, -0.25) is 9.59 Å². The van der Waals surface area contributed by atoms with Gasteiger partial charge < -0.3 is 10.6 Å². The van der Waals surface area contributed by atoms with E-state index in [2.05, 4.69) is 10.6 Å². The van der Waals surface area contributed by atoms with Gasteiger partial charge in [0.1, 0.15) is 12.2 Å². The molecule has 0 atom stereocenters. The molecular formula is C22H16ClN3O3S2. The summed E-state index contributed by atoms with van der Waals surface area (Å²) < 4.78 is 1.03. The fourth-order valence-corrected chi connectivity index (χ4v) is 5.00. The first-order chi connectivity index (χ1) is 15.0. The largest absolute Gasteiger partial charge is 0.329 e. The van der Waals surface area contributed by atoms with Crippen LogP contribution in [-0.4, -0.2) is 29.3 Å². The van der Waals surface area contributed by atoms with Gasteiger partial charge >= 0.3 is 6.03 Å². The van der Waals surface area contributed by atoms with Gasteiger partial charge in [0.15, 0.2) is 0 Å². The number of hydrogen-bond acceptors (Lipinski definition) is 5. The molecule has 6 nitrogen and oxygen atoms in total. The lowest BCUT2D eigenvalue weighted by Crippen LogP contribution is -2.38. The van der Waals surface area contributed by atoms with Gasteiger partial charge in [0.25, 0.3) is 5.91 Å². The highest BCUT2D eigenvalue weighted by atomic mass is 35.5. The van der Waals surface area contributed by atoms with Crippen LogP contribution in [0.3, 0.4) is 0 Å². The van der Waals surface area contributed by atoms with Gasteiger partial charge in [0.05, 0.1) is 4.21 Å². The molecule has 1 aliphatic heterocycles. The molecule has 1 aromatic heterocycles. The van der Waals surface area contributed by atoms with Crippen molar-refractivity contribution in [1.29, 1.82) is 0 Å². The van der Waals surface area contributed by atoms with Crippen LogP contribution in [0.15, 0.2) is 81.5 Å². The third kappa shape index (κ3) is 5.35. The predicted octanol–water partition coefficient (Wildman–Crippen LogP) is 5.08. The van der Waals surface area contributed by atoms with Gasteiger partial charge in [0, 0.05) is 20.5 Å². The Hall–Kier alpha value is -3.07. The Balaban J connectivity index is 1.40. The van der Waals surface area contributed by atoms with E-state index in [0.717, 1.165) is 18.9 Å². The first kappa shape index (κ1) is 21.2. The molecular weight excluding hydrogens is 454 g/mol. The average molecular weight is 470 g/mol. The molecule has 0 spiro atoms. The van der Waals surface area contributed by atoms with E-state index in [-0.39, 0.29) is 12.2 Å². The molecule has 0 unspecified atom stereocenters. The van der Waals surface area contributed by atoms with E-state index in [4.69, 9.17) is 11.6 Å². The molecule has 1 fully saturated rings. The fraction of sp³-hybridized carbons (Fsp3) is 0.0455. The molecule has 1 saturated heterocycles. The number of rotatable bonds is 6. The summed E-state index contributed by atoms with van der Waals surface area (Å²) >= 11 is 8.99. The highest BCUT2D eigenvalue weighted by Crippen LogP contribution is 2.34. The van der Waals surface area contributed by atoms with E-state index in [0.29, 0.717) is 10.7 Å². The molecule has 4 rings (SSSR count). The maximum atomic E-state index is 12.6. The molecule has 0 radical (unpaired) electrons. The minimum Gasteiger partial charge on any atom is -0.325 e. The smallest absolute Gasteiger partial charge is 0.325 e. The number of nitrogens with one attached hydrogen (secondary N) is 2. The number of amides is 4. The van der Waals surface area contributed by atoms with Crippen LogP contribution in [0.25, 0.3) is 6.08 Å². The molecule has 3 aromatic rings. The number of urea groups is 1. The van der Waals surface area contributed by atoms with Gasteiger partial charge in [0.2, 0.25) is 5.91 Å². The van der Waals surface area contributed by atoms with Gasteiger partial charge in [-0.15, -0.1) is 11.3 Å². The number of thiophene rings is 1. The van der Waals surface area contributed by atoms with Gasteiger partial charge in [-0.2, -0.15) is 0 Å². The van der Waals surface area contributed by atoms with E-state index in [9.17, 15) is 14.4 Å². The van der Waals surface area contributed by atoms with Gasteiger partial charge in [-0.1, -0.05) is 41.6 Å². The van der Waals surface area contributed by atoms with Crippen molar-refractivity contribution in [1.82, 2.24) is 10.2 Å². The number of benzene rings is 2. The Kier molecular flexibility index (Phi) is 6.41. The minimum atomic E-state index is -0.619. The first-order valence-electron chi connectivity index (χ1n) is 9.20. The second-order valence-corrected chi connectivity index (χ2v) is 9.43. The lowest BCUT2D eigenvalue weighted by atomic mass is 10.3. The molecule has 0 bridgehead atoms. The second kappa shape index (κ2) is 9.38. The minimum absolute atomic E-state index is 0.141. The lowest BCUT2D eigenvalue weighted by Gasteiger charge is -2.11. The van der Waals surface area contributed by atoms with Crippen molar-refractivity contribution < 1.29 is 14.4 Å². The van der Waals surface area contributed by atoms with Crippen LogP contribution >= 0.6 is 34.7 Å². The molecule has 1 aliphatic rings. The highest BCUT2D eigenvalue weighted by molar-refractivity contribution is 8.01. The van der Waals surface area contributed by atoms with E-state index >= 15 is 0 Å². The molecule has 2 heterocycles. The van der Waals surface area contributed by atoms with Crippen molar-refractivity contribution in [3.05, 3.63) is 82.3 Å². The Labute approximate surface area is 191 Å². The zero-order valence-corrected chi connectivity index (χ0v) is 18.4. The van der Waals surface area contributed by atoms with Crippen LogP contribution in [0.1, 0.15) is 4.88 Å². The molecule has 9 heteroatoms. The van der Waals surface area contributed by atoms with Crippen molar-refractivity contribution in [3.63, 3.8) is 0 Å². The van der Waals surface area contributed by atoms with Gasteiger partial charge in [-0.25, -0.2) is 9.69 Å². The molecule has 0 aliphatic carbocycles. The monoisotopic (exact) mass is 469 g/mol. The predicted molar refractivity (Wildman–Crippen MR) is 123 cm³/mol. The number of hydrogen-bond donors (Lipinski definition) is 2. The van der Waals surface area contributed by atoms with Gasteiger partial charge in [-0.05, 0) is 54.6 Å². The number of para-hydroxylation sites is 1. The number of imide groups is 1. The standard InChI is InChI=1S/C22H16ClN3O3S2/c23-14-6-8-16(9-7-14)30-20-11-10-17(31-20)12-18-21(28)26(22(29)25-18)13-19(27)24-15-4-2-1-3-5-15/h1-12H,13H2,(H,24,27)(H,25,29)/b18-12-. The molecule has 2 aromatic carbocycles. The van der Waals surface area contributed by atoms with Crippen molar-refractivity contribution in [3.8, 4) is 0 Å². The molecule has 0 saturated carbocycles. The first-order valence-corrected chi connectivity index (χ1v) is 11.2. The van der Waals surface area contributed by atoms with Crippen LogP contribution < -0.4 is 10.6 Å². The molecule has 2 N–H and O–H groups in total. The summed E-state index contributed by atoms with van der Waals surface area (Å²) in [6.07, 6.45) is 1.62. The van der Waals surface area contributed by atoms with Crippen LogP contribution in [0.4, 0.5) is 10.5 Å². The van der Waals surface area contributed by atoms with Crippen LogP contribution in [0.2, 0.25) is 5.02 Å². The Morgan fingerprint density at radius 3 is 2.55 bits per heavy atom. The Morgan fingerprint density at radius 2 is 1.81 bits per heavy atom. The third-order valence-electron chi connectivity index (χ3n) is 4.24. The van der Waals surface area contributed by atoms with Crippen LogP contribution in [-0.2, 0) is 9.59 Å². The average Bonchev–Trinajstić information content (AvgIpc) is 3.30. The van der Waals surface area contributed by atoms with E-state index < -0.39 is 17.8 Å². The van der Waals surface area contributed by atoms with Crippen molar-refractivity contribution >= 4 is 64.3 Å². The lowest BCUT2D eigenvalue weighted by molar-refractivity contribution is -0.127. The maximum absolute atomic E-state index is 12.6. The molecule has 31 heavy (non-hydrogen) atoms. The van der Waals surface area contributed by atoms with Crippen molar-refractivity contribution in [2.24, 2.45) is 0 Å². The molecule has 4 amide bonds. The van der Waals surface area contributed by atoms with E-state index in [1.54, 1.807) is 42.1 Å². The van der Waals surface area contributed by atoms with E-state index in [1.807, 2.05) is 42.5 Å². The Morgan fingerprint density at radius 1 is 1.06 bits per heavy atom. The summed E-state index contributed by atoms with van der Waals surface area (Å²) in [7, 11) is 0. The van der Waals surface area contributed by atoms with Crippen LogP contribution in [0, 0.1) is 0 Å². The SMILES string of the molecule is O=C(CN1C(=O)N/C(=C\c2ccc(Sc3ccc(Cl)cc3)s2)C1=O)Nc1ccccc1. The molecule has 156 valence electrons. The summed E-state index contributed by atoms with van der Waals surface area (Å²) in [6.45, 7) is -0.362. The number of carbonyl (C=O) groups is 3. The number of carbonyl (C=O) groups excluding carboxylic acids is 3. The fourth-order valence-electron chi connectivity index (χ4n) is 2.81. The number of nitrogens with zero attached hydrogens (tertiary/aromatic N) is 1. The van der Waals surface area contributed by atoms with Crippen molar-refractivity contribution in [2.45, 2.75) is 9.10 Å². The third-order valence-corrected chi connectivity index (χ3v) is 6.67. The summed E-state index contributed by atoms with van der Waals surface area (Å²) in [6, 6.07) is 19.6. The quantitative estimate of drug-likeness (QED) is 0.389. The highest BCUT2D eigenvalue weighted by Gasteiger charge is 2.35. The second-order valence-electron chi connectivity index (χ2n) is 6.51. The van der Waals surface area contributed by atoms with E-state index in [1.165, 1.54) is 11.3 Å². The topological polar surface area (TPSA) is 78.5 Å². The summed E-state index contributed by atoms with van der Waals surface area (Å²) in [4.78, 5) is 39.8. The Bertz CT molecular complexity index is 1160. The zero-order chi connectivity index (χ0) is 21.8. The normalized spacial score (nSPS) is 14.7. The zero-order valence-electron chi connectivity index (χ0n) is 16.0. The van der Waals surface area contributed by atoms with Crippen molar-refractivity contribution in [2.75, 3.05) is 11.9 Å². The van der Waals surface area contributed by atoms with Crippen LogP contribution in [0.5, 0.6) is 0 Å². The number of anilines is 1. The number of halogens is 1.